The Labute approximate surface area is 122 Å². The molecule has 1 unspecified atom stereocenters. The maximum absolute atomic E-state index is 12.4. The first-order valence-electron chi connectivity index (χ1n) is 8.39. The summed E-state index contributed by atoms with van der Waals surface area (Å²) in [6, 6.07) is 0.489. The monoisotopic (exact) mass is 277 g/mol. The van der Waals surface area contributed by atoms with Crippen LogP contribution < -0.4 is 0 Å². The summed E-state index contributed by atoms with van der Waals surface area (Å²) in [6.07, 6.45) is 6.94. The zero-order valence-electron chi connectivity index (χ0n) is 13.0. The smallest absolute Gasteiger partial charge is 0.410 e. The zero-order chi connectivity index (χ0) is 14.1. The molecule has 4 saturated carbocycles. The van der Waals surface area contributed by atoms with Crippen LogP contribution in [0, 0.1) is 29.1 Å². The van der Waals surface area contributed by atoms with Crippen LogP contribution in [0.2, 0.25) is 0 Å². The van der Waals surface area contributed by atoms with E-state index in [0.29, 0.717) is 6.04 Å². The molecule has 1 heterocycles. The third kappa shape index (κ3) is 1.88. The molecule has 5 aliphatic rings. The summed E-state index contributed by atoms with van der Waals surface area (Å²) in [7, 11) is 0. The fourth-order valence-corrected chi connectivity index (χ4v) is 5.58. The van der Waals surface area contributed by atoms with Gasteiger partial charge in [-0.3, -0.25) is 0 Å². The highest BCUT2D eigenvalue weighted by molar-refractivity contribution is 5.70. The lowest BCUT2D eigenvalue weighted by molar-refractivity contribution is -0.0483. The molecule has 3 heteroatoms. The van der Waals surface area contributed by atoms with Gasteiger partial charge >= 0.3 is 6.09 Å². The summed E-state index contributed by atoms with van der Waals surface area (Å²) >= 11 is 0. The normalized spacial score (nSPS) is 47.0. The lowest BCUT2D eigenvalue weighted by atomic mass is 9.54. The predicted octanol–water partition coefficient (Wildman–Crippen LogP) is 3.68. The highest BCUT2D eigenvalue weighted by Gasteiger charge is 2.53. The van der Waals surface area contributed by atoms with Crippen molar-refractivity contribution in [3.63, 3.8) is 0 Å². The van der Waals surface area contributed by atoms with Crippen molar-refractivity contribution >= 4 is 6.09 Å². The van der Waals surface area contributed by atoms with E-state index in [1.807, 2.05) is 0 Å². The third-order valence-electron chi connectivity index (χ3n) is 6.34. The topological polar surface area (TPSA) is 29.5 Å². The number of hydrogen-bond acceptors (Lipinski definition) is 2. The van der Waals surface area contributed by atoms with E-state index in [1.54, 1.807) is 0 Å². The van der Waals surface area contributed by atoms with E-state index in [1.165, 1.54) is 32.1 Å². The molecule has 0 aromatic heterocycles. The number of hydrogen-bond donors (Lipinski definition) is 0. The van der Waals surface area contributed by atoms with Gasteiger partial charge in [0.15, 0.2) is 0 Å². The fourth-order valence-electron chi connectivity index (χ4n) is 5.58. The molecule has 4 aliphatic carbocycles. The molecule has 3 nitrogen and oxygen atoms in total. The van der Waals surface area contributed by atoms with Crippen molar-refractivity contribution in [1.29, 1.82) is 0 Å². The average molecular weight is 277 g/mol. The second-order valence-electron chi connectivity index (χ2n) is 8.81. The second kappa shape index (κ2) is 4.14. The van der Waals surface area contributed by atoms with Crippen LogP contribution in [-0.2, 0) is 4.74 Å². The Morgan fingerprint density at radius 2 is 1.55 bits per heavy atom. The van der Waals surface area contributed by atoms with Gasteiger partial charge < -0.3 is 9.64 Å². The van der Waals surface area contributed by atoms with Gasteiger partial charge in [-0.2, -0.15) is 0 Å². The Balaban J connectivity index is 1.55. The summed E-state index contributed by atoms with van der Waals surface area (Å²) in [6.45, 7) is 7.33. The summed E-state index contributed by atoms with van der Waals surface area (Å²) in [5, 5.41) is 0. The molecular formula is C17H27NO2. The molecule has 112 valence electrons. The maximum Gasteiger partial charge on any atom is 0.410 e. The molecule has 1 aliphatic heterocycles. The Bertz CT molecular complexity index is 397. The van der Waals surface area contributed by atoms with E-state index in [2.05, 4.69) is 25.7 Å². The van der Waals surface area contributed by atoms with Crippen molar-refractivity contribution in [3.8, 4) is 0 Å². The average Bonchev–Trinajstić information content (AvgIpc) is 2.70. The van der Waals surface area contributed by atoms with Gasteiger partial charge in [-0.15, -0.1) is 0 Å². The van der Waals surface area contributed by atoms with Crippen molar-refractivity contribution in [2.45, 2.75) is 65.0 Å². The number of ether oxygens (including phenoxy) is 1. The summed E-state index contributed by atoms with van der Waals surface area (Å²) < 4.78 is 5.68. The Morgan fingerprint density at radius 1 is 1.00 bits per heavy atom. The molecule has 0 spiro atoms. The first-order chi connectivity index (χ1) is 9.41. The van der Waals surface area contributed by atoms with E-state index in [4.69, 9.17) is 4.74 Å². The number of carbonyl (C=O) groups excluding carboxylic acids is 1. The molecule has 5 rings (SSSR count). The van der Waals surface area contributed by atoms with Crippen LogP contribution in [-0.4, -0.2) is 29.7 Å². The molecular weight excluding hydrogens is 250 g/mol. The number of carbonyl (C=O) groups is 1. The Morgan fingerprint density at radius 3 is 2.00 bits per heavy atom. The maximum atomic E-state index is 12.4. The zero-order valence-corrected chi connectivity index (χ0v) is 13.0. The fraction of sp³-hybridized carbons (Fsp3) is 0.941. The standard InChI is InChI=1S/C17H27NO2/c1-17(2,3)14-9-18(16(19)20-14)15-12-5-10-4-11(7-12)8-13(15)6-10/h10-15H,4-9H2,1-3H3. The third-order valence-corrected chi connectivity index (χ3v) is 6.34. The van der Waals surface area contributed by atoms with E-state index >= 15 is 0 Å². The lowest BCUT2D eigenvalue weighted by Gasteiger charge is -2.56. The van der Waals surface area contributed by atoms with Gasteiger partial charge in [0.1, 0.15) is 6.10 Å². The summed E-state index contributed by atoms with van der Waals surface area (Å²) in [5.41, 5.74) is 0.0519. The second-order valence-corrected chi connectivity index (χ2v) is 8.81. The minimum absolute atomic E-state index is 0.0394. The quantitative estimate of drug-likeness (QED) is 0.731. The van der Waals surface area contributed by atoms with Crippen molar-refractivity contribution in [3.05, 3.63) is 0 Å². The first kappa shape index (κ1) is 13.0. The van der Waals surface area contributed by atoms with Gasteiger partial charge in [0.2, 0.25) is 0 Å². The summed E-state index contributed by atoms with van der Waals surface area (Å²) in [5.74, 6) is 3.45. The van der Waals surface area contributed by atoms with Gasteiger partial charge in [0, 0.05) is 11.5 Å². The van der Waals surface area contributed by atoms with Gasteiger partial charge in [-0.1, -0.05) is 20.8 Å². The number of nitrogens with zero attached hydrogens (tertiary/aromatic N) is 1. The van der Waals surface area contributed by atoms with Crippen LogP contribution in [0.25, 0.3) is 0 Å². The van der Waals surface area contributed by atoms with Gasteiger partial charge in [-0.25, -0.2) is 4.79 Å². The molecule has 1 saturated heterocycles. The van der Waals surface area contributed by atoms with Crippen LogP contribution in [0.5, 0.6) is 0 Å². The van der Waals surface area contributed by atoms with E-state index in [0.717, 1.165) is 30.2 Å². The van der Waals surface area contributed by atoms with Crippen molar-refractivity contribution in [1.82, 2.24) is 4.90 Å². The molecule has 1 atom stereocenters. The summed E-state index contributed by atoms with van der Waals surface area (Å²) in [4.78, 5) is 14.5. The van der Waals surface area contributed by atoms with Crippen LogP contribution in [0.1, 0.15) is 52.9 Å². The predicted molar refractivity (Wildman–Crippen MR) is 77.3 cm³/mol. The van der Waals surface area contributed by atoms with Gasteiger partial charge in [0.25, 0.3) is 0 Å². The van der Waals surface area contributed by atoms with Gasteiger partial charge in [-0.05, 0) is 55.8 Å². The molecule has 1 amide bonds. The van der Waals surface area contributed by atoms with Crippen LogP contribution >= 0.6 is 0 Å². The van der Waals surface area contributed by atoms with Crippen molar-refractivity contribution in [2.24, 2.45) is 29.1 Å². The molecule has 4 bridgehead atoms. The van der Waals surface area contributed by atoms with Gasteiger partial charge in [0.05, 0.1) is 6.54 Å². The van der Waals surface area contributed by atoms with Crippen LogP contribution in [0.4, 0.5) is 4.79 Å². The molecule has 0 radical (unpaired) electrons. The van der Waals surface area contributed by atoms with Crippen molar-refractivity contribution in [2.75, 3.05) is 6.54 Å². The molecule has 5 fully saturated rings. The molecule has 0 aromatic carbocycles. The van der Waals surface area contributed by atoms with Crippen LogP contribution in [0.3, 0.4) is 0 Å². The minimum atomic E-state index is -0.0394. The highest BCUT2D eigenvalue weighted by atomic mass is 16.6. The molecule has 0 aromatic rings. The van der Waals surface area contributed by atoms with E-state index < -0.39 is 0 Å². The highest BCUT2D eigenvalue weighted by Crippen LogP contribution is 2.55. The molecule has 0 N–H and O–H groups in total. The van der Waals surface area contributed by atoms with Crippen molar-refractivity contribution < 1.29 is 9.53 Å². The Hall–Kier alpha value is -0.730. The SMILES string of the molecule is CC(C)(C)C1CN(C2C3CC4CC(C3)CC2C4)C(=O)O1. The largest absolute Gasteiger partial charge is 0.444 e. The molecule has 20 heavy (non-hydrogen) atoms. The number of amides is 1. The Kier molecular flexibility index (Phi) is 2.69. The van der Waals surface area contributed by atoms with Crippen LogP contribution in [0.15, 0.2) is 0 Å². The van der Waals surface area contributed by atoms with E-state index in [9.17, 15) is 4.79 Å². The number of cyclic esters (lactones) is 1. The minimum Gasteiger partial charge on any atom is -0.444 e. The van der Waals surface area contributed by atoms with E-state index in [-0.39, 0.29) is 17.6 Å². The number of rotatable bonds is 1. The first-order valence-corrected chi connectivity index (χ1v) is 8.39. The lowest BCUT2D eigenvalue weighted by Crippen LogP contribution is -2.56.